The molecule has 7 nitrogen and oxygen atoms in total. The summed E-state index contributed by atoms with van der Waals surface area (Å²) in [4.78, 5) is 28.4. The molecule has 0 aliphatic heterocycles. The van der Waals surface area contributed by atoms with Gasteiger partial charge in [-0.3, -0.25) is 4.79 Å². The molecule has 0 saturated carbocycles. The predicted octanol–water partition coefficient (Wildman–Crippen LogP) is 4.53. The van der Waals surface area contributed by atoms with E-state index in [9.17, 15) is 9.59 Å². The monoisotopic (exact) mass is 453 g/mol. The first-order chi connectivity index (χ1) is 16.6. The molecule has 34 heavy (non-hydrogen) atoms. The van der Waals surface area contributed by atoms with Crippen molar-refractivity contribution in [2.75, 3.05) is 17.6 Å². The highest BCUT2D eigenvalue weighted by atomic mass is 16.2. The Morgan fingerprint density at radius 3 is 2.74 bits per heavy atom. The van der Waals surface area contributed by atoms with E-state index in [-0.39, 0.29) is 18.0 Å². The van der Waals surface area contributed by atoms with Crippen molar-refractivity contribution < 1.29 is 9.59 Å². The van der Waals surface area contributed by atoms with Gasteiger partial charge in [-0.05, 0) is 66.3 Å². The van der Waals surface area contributed by atoms with Crippen molar-refractivity contribution in [2.24, 2.45) is 0 Å². The second-order valence-electron chi connectivity index (χ2n) is 8.56. The number of carbonyl (C=O) groups excluding carboxylic acids is 2. The molecule has 3 amide bonds. The van der Waals surface area contributed by atoms with Gasteiger partial charge in [0.05, 0.1) is 17.4 Å². The Hall–Kier alpha value is -4.26. The highest BCUT2D eigenvalue weighted by molar-refractivity contribution is 6.05. The van der Waals surface area contributed by atoms with Crippen LogP contribution in [0.15, 0.2) is 72.9 Å². The number of nitrogen functional groups attached to an aromatic ring is 1. The van der Waals surface area contributed by atoms with E-state index in [0.29, 0.717) is 23.5 Å². The Morgan fingerprint density at radius 1 is 1.03 bits per heavy atom. The number of carbonyl (C=O) groups is 2. The van der Waals surface area contributed by atoms with Crippen molar-refractivity contribution in [1.82, 2.24) is 15.6 Å². The van der Waals surface area contributed by atoms with Crippen LogP contribution < -0.4 is 21.7 Å². The van der Waals surface area contributed by atoms with Crippen LogP contribution in [0.2, 0.25) is 0 Å². The largest absolute Gasteiger partial charge is 0.397 e. The minimum Gasteiger partial charge on any atom is -0.397 e. The molecular weight excluding hydrogens is 426 g/mol. The molecule has 3 aromatic carbocycles. The van der Waals surface area contributed by atoms with Crippen molar-refractivity contribution in [3.05, 3.63) is 95.2 Å². The molecule has 1 heterocycles. The number of benzene rings is 3. The summed E-state index contributed by atoms with van der Waals surface area (Å²) < 4.78 is 0. The zero-order valence-corrected chi connectivity index (χ0v) is 18.7. The lowest BCUT2D eigenvalue weighted by Gasteiger charge is -2.15. The maximum atomic E-state index is 12.7. The number of urea groups is 1. The first kappa shape index (κ1) is 21.6. The van der Waals surface area contributed by atoms with Gasteiger partial charge in [0.2, 0.25) is 0 Å². The van der Waals surface area contributed by atoms with E-state index in [1.807, 2.05) is 48.7 Å². The fraction of sp³-hybridized carbons (Fsp3) is 0.185. The summed E-state index contributed by atoms with van der Waals surface area (Å²) in [7, 11) is 0. The molecule has 172 valence electrons. The summed E-state index contributed by atoms with van der Waals surface area (Å²) >= 11 is 0. The van der Waals surface area contributed by atoms with Gasteiger partial charge in [-0.2, -0.15) is 0 Å². The van der Waals surface area contributed by atoms with Gasteiger partial charge >= 0.3 is 6.03 Å². The molecule has 0 radical (unpaired) electrons. The third-order valence-corrected chi connectivity index (χ3v) is 6.35. The molecule has 0 bridgehead atoms. The van der Waals surface area contributed by atoms with E-state index >= 15 is 0 Å². The smallest absolute Gasteiger partial charge is 0.315 e. The van der Waals surface area contributed by atoms with Gasteiger partial charge in [-0.15, -0.1) is 0 Å². The average Bonchev–Trinajstić information content (AvgIpc) is 3.44. The molecule has 1 aromatic heterocycles. The van der Waals surface area contributed by atoms with E-state index in [0.717, 1.165) is 35.9 Å². The predicted molar refractivity (Wildman–Crippen MR) is 135 cm³/mol. The van der Waals surface area contributed by atoms with Crippen molar-refractivity contribution in [1.29, 1.82) is 0 Å². The van der Waals surface area contributed by atoms with Crippen LogP contribution in [0.25, 0.3) is 10.9 Å². The average molecular weight is 454 g/mol. The Bertz CT molecular complexity index is 1360. The van der Waals surface area contributed by atoms with Crippen molar-refractivity contribution in [2.45, 2.75) is 25.3 Å². The summed E-state index contributed by atoms with van der Waals surface area (Å²) in [5, 5.41) is 10.1. The molecule has 0 spiro atoms. The lowest BCUT2D eigenvalue weighted by molar-refractivity contribution is 0.102. The van der Waals surface area contributed by atoms with Gasteiger partial charge in [-0.25, -0.2) is 4.79 Å². The minimum atomic E-state index is -0.202. The third kappa shape index (κ3) is 4.45. The van der Waals surface area contributed by atoms with E-state index in [1.165, 1.54) is 10.9 Å². The lowest BCUT2D eigenvalue weighted by atomic mass is 10.0. The van der Waals surface area contributed by atoms with Gasteiger partial charge in [0, 0.05) is 29.2 Å². The fourth-order valence-corrected chi connectivity index (χ4v) is 4.57. The molecule has 1 atom stereocenters. The molecule has 7 heteroatoms. The first-order valence-electron chi connectivity index (χ1n) is 11.5. The molecule has 6 N–H and O–H groups in total. The minimum absolute atomic E-state index is 0.0648. The molecule has 1 unspecified atom stereocenters. The van der Waals surface area contributed by atoms with E-state index in [4.69, 9.17) is 5.73 Å². The zero-order valence-electron chi connectivity index (χ0n) is 18.7. The number of amides is 3. The van der Waals surface area contributed by atoms with Crippen molar-refractivity contribution in [3.63, 3.8) is 0 Å². The number of para-hydroxylation sites is 3. The molecule has 4 aromatic rings. The number of aromatic amines is 1. The van der Waals surface area contributed by atoms with Gasteiger partial charge in [-0.1, -0.05) is 36.4 Å². The number of nitrogens with one attached hydrogen (secondary N) is 4. The van der Waals surface area contributed by atoms with Crippen LogP contribution in [0.1, 0.15) is 39.5 Å². The number of rotatable bonds is 6. The molecule has 0 saturated heterocycles. The SMILES string of the molecule is Nc1ccccc1NC(=O)c1ccc2c(c1)CCC2NC(=O)NCCc1c[nH]c2ccccc12. The van der Waals surface area contributed by atoms with Crippen LogP contribution in [0.3, 0.4) is 0 Å². The van der Waals surface area contributed by atoms with Crippen molar-refractivity contribution in [3.8, 4) is 0 Å². The highest BCUT2D eigenvalue weighted by Gasteiger charge is 2.25. The van der Waals surface area contributed by atoms with E-state index in [2.05, 4.69) is 27.0 Å². The molecule has 5 rings (SSSR count). The summed E-state index contributed by atoms with van der Waals surface area (Å²) in [5.41, 5.74) is 12.0. The number of H-pyrrole nitrogens is 1. The van der Waals surface area contributed by atoms with Crippen LogP contribution in [0.4, 0.5) is 16.2 Å². The number of fused-ring (bicyclic) bond motifs is 2. The first-order valence-corrected chi connectivity index (χ1v) is 11.5. The number of aromatic nitrogens is 1. The summed E-state index contributed by atoms with van der Waals surface area (Å²) in [6.07, 6.45) is 4.37. The quantitative estimate of drug-likeness (QED) is 0.277. The van der Waals surface area contributed by atoms with Crippen LogP contribution in [0, 0.1) is 0 Å². The molecule has 1 aliphatic rings. The second-order valence-corrected chi connectivity index (χ2v) is 8.56. The Kier molecular flexibility index (Phi) is 5.91. The maximum Gasteiger partial charge on any atom is 0.315 e. The fourth-order valence-electron chi connectivity index (χ4n) is 4.57. The highest BCUT2D eigenvalue weighted by Crippen LogP contribution is 2.32. The van der Waals surface area contributed by atoms with Crippen LogP contribution in [-0.4, -0.2) is 23.5 Å². The number of hydrogen-bond donors (Lipinski definition) is 5. The molecule has 0 fully saturated rings. The normalized spacial score (nSPS) is 14.5. The molecular formula is C27H27N5O2. The maximum absolute atomic E-state index is 12.7. The van der Waals surface area contributed by atoms with Gasteiger partial charge < -0.3 is 26.7 Å². The number of hydrogen-bond acceptors (Lipinski definition) is 3. The van der Waals surface area contributed by atoms with Gasteiger partial charge in [0.1, 0.15) is 0 Å². The Morgan fingerprint density at radius 2 is 1.85 bits per heavy atom. The summed E-state index contributed by atoms with van der Waals surface area (Å²) in [5.74, 6) is -0.202. The van der Waals surface area contributed by atoms with Gasteiger partial charge in [0.25, 0.3) is 5.91 Å². The summed E-state index contributed by atoms with van der Waals surface area (Å²) in [6, 6.07) is 20.7. The zero-order chi connectivity index (χ0) is 23.5. The van der Waals surface area contributed by atoms with Crippen LogP contribution >= 0.6 is 0 Å². The van der Waals surface area contributed by atoms with E-state index < -0.39 is 0 Å². The number of anilines is 2. The number of nitrogens with two attached hydrogens (primary N) is 1. The second kappa shape index (κ2) is 9.31. The van der Waals surface area contributed by atoms with Crippen LogP contribution in [0.5, 0.6) is 0 Å². The van der Waals surface area contributed by atoms with Crippen molar-refractivity contribution >= 4 is 34.2 Å². The molecule has 1 aliphatic carbocycles. The van der Waals surface area contributed by atoms with E-state index in [1.54, 1.807) is 18.2 Å². The summed E-state index contributed by atoms with van der Waals surface area (Å²) in [6.45, 7) is 0.551. The topological polar surface area (TPSA) is 112 Å². The van der Waals surface area contributed by atoms with Crippen LogP contribution in [-0.2, 0) is 12.8 Å². The third-order valence-electron chi connectivity index (χ3n) is 6.35. The number of aryl methyl sites for hydroxylation is 1. The lowest BCUT2D eigenvalue weighted by Crippen LogP contribution is -2.38. The Labute approximate surface area is 197 Å². The standard InChI is InChI=1S/C27H27N5O2/c28-22-6-2-4-8-25(22)31-26(33)18-9-11-21-17(15-18)10-12-24(21)32-27(34)29-14-13-19-16-30-23-7-3-1-5-20(19)23/h1-9,11,15-16,24,30H,10,12-14,28H2,(H,31,33)(H2,29,32,34). The van der Waals surface area contributed by atoms with Gasteiger partial charge in [0.15, 0.2) is 0 Å². The Balaban J connectivity index is 1.16.